The molecule has 0 radical (unpaired) electrons. The summed E-state index contributed by atoms with van der Waals surface area (Å²) in [5, 5.41) is 9.10. The van der Waals surface area contributed by atoms with Gasteiger partial charge in [0.15, 0.2) is 0 Å². The van der Waals surface area contributed by atoms with Gasteiger partial charge < -0.3 is 4.42 Å². The van der Waals surface area contributed by atoms with Crippen LogP contribution >= 0.6 is 11.8 Å². The second kappa shape index (κ2) is 5.12. The second-order valence-corrected chi connectivity index (χ2v) is 4.84. The summed E-state index contributed by atoms with van der Waals surface area (Å²) in [5.41, 5.74) is 0.853. The molecule has 0 saturated heterocycles. The van der Waals surface area contributed by atoms with Crippen molar-refractivity contribution in [2.45, 2.75) is 30.7 Å². The van der Waals surface area contributed by atoms with Crippen LogP contribution in [0, 0.1) is 0 Å². The van der Waals surface area contributed by atoms with Gasteiger partial charge in [-0.25, -0.2) is 0 Å². The van der Waals surface area contributed by atoms with E-state index in [0.717, 1.165) is 12.0 Å². The minimum Gasteiger partial charge on any atom is -0.411 e. The third kappa shape index (κ3) is 2.61. The number of aromatic nitrogens is 3. The molecule has 2 aromatic rings. The Bertz CT molecular complexity index is 444. The third-order valence-electron chi connectivity index (χ3n) is 2.19. The monoisotopic (exact) mass is 235 g/mol. The Morgan fingerprint density at radius 2 is 2.31 bits per heavy atom. The fraction of sp³-hybridized carbons (Fsp3) is 0.364. The summed E-state index contributed by atoms with van der Waals surface area (Å²) < 4.78 is 5.54. The number of nitrogens with zero attached hydrogens (tertiary/aromatic N) is 3. The Morgan fingerprint density at radius 3 is 3.00 bits per heavy atom. The lowest BCUT2D eigenvalue weighted by Crippen LogP contribution is -1.91. The van der Waals surface area contributed by atoms with Gasteiger partial charge >= 0.3 is 0 Å². The molecule has 0 bridgehead atoms. The Kier molecular flexibility index (Phi) is 3.56. The summed E-state index contributed by atoms with van der Waals surface area (Å²) >= 11 is 1.60. The summed E-state index contributed by atoms with van der Waals surface area (Å²) in [5.74, 6) is 0.527. The molecule has 1 unspecified atom stereocenters. The maximum atomic E-state index is 5.54. The van der Waals surface area contributed by atoms with Gasteiger partial charge in [0.25, 0.3) is 5.22 Å². The molecular formula is C11H13N3OS. The predicted molar refractivity (Wildman–Crippen MR) is 63.1 cm³/mol. The Morgan fingerprint density at radius 1 is 1.44 bits per heavy atom. The van der Waals surface area contributed by atoms with Crippen LogP contribution in [0.15, 0.2) is 34.2 Å². The molecule has 0 aliphatic carbocycles. The largest absolute Gasteiger partial charge is 0.411 e. The van der Waals surface area contributed by atoms with Crippen LogP contribution in [0.1, 0.15) is 20.3 Å². The molecule has 2 heterocycles. The fourth-order valence-corrected chi connectivity index (χ4v) is 1.84. The molecular weight excluding hydrogens is 222 g/mol. The number of pyridine rings is 1. The molecule has 0 saturated carbocycles. The average molecular weight is 235 g/mol. The molecule has 2 rings (SSSR count). The van der Waals surface area contributed by atoms with Gasteiger partial charge in [-0.1, -0.05) is 25.6 Å². The van der Waals surface area contributed by atoms with E-state index in [4.69, 9.17) is 4.42 Å². The first kappa shape index (κ1) is 11.1. The predicted octanol–water partition coefficient (Wildman–Crippen LogP) is 3.02. The second-order valence-electron chi connectivity index (χ2n) is 3.45. The zero-order valence-corrected chi connectivity index (χ0v) is 10.1. The Balaban J connectivity index is 2.14. The van der Waals surface area contributed by atoms with Crippen molar-refractivity contribution >= 4 is 11.8 Å². The number of rotatable bonds is 4. The standard InChI is InChI=1S/C11H13N3OS/c1-3-8(2)16-11-14-13-10(15-11)9-5-4-6-12-7-9/h4-8H,3H2,1-2H3. The van der Waals surface area contributed by atoms with Gasteiger partial charge in [-0.3, -0.25) is 4.98 Å². The Labute approximate surface area is 98.5 Å². The van der Waals surface area contributed by atoms with E-state index in [-0.39, 0.29) is 0 Å². The maximum absolute atomic E-state index is 5.54. The van der Waals surface area contributed by atoms with Crippen LogP contribution in [-0.2, 0) is 0 Å². The van der Waals surface area contributed by atoms with Crippen LogP contribution in [-0.4, -0.2) is 20.4 Å². The van der Waals surface area contributed by atoms with E-state index in [2.05, 4.69) is 29.0 Å². The first-order valence-electron chi connectivity index (χ1n) is 5.20. The quantitative estimate of drug-likeness (QED) is 0.762. The van der Waals surface area contributed by atoms with Gasteiger partial charge in [-0.15, -0.1) is 10.2 Å². The van der Waals surface area contributed by atoms with Crippen LogP contribution in [0.25, 0.3) is 11.5 Å². The van der Waals surface area contributed by atoms with Crippen LogP contribution in [0.3, 0.4) is 0 Å². The molecule has 0 fully saturated rings. The first-order chi connectivity index (χ1) is 7.79. The van der Waals surface area contributed by atoms with Gasteiger partial charge in [0.05, 0.1) is 5.56 Å². The van der Waals surface area contributed by atoms with Crippen LogP contribution in [0.5, 0.6) is 0 Å². The molecule has 0 aliphatic rings. The average Bonchev–Trinajstić information content (AvgIpc) is 2.78. The molecule has 0 aromatic carbocycles. The van der Waals surface area contributed by atoms with E-state index in [1.54, 1.807) is 24.2 Å². The highest BCUT2D eigenvalue weighted by atomic mass is 32.2. The zero-order chi connectivity index (χ0) is 11.4. The van der Waals surface area contributed by atoms with Crippen molar-refractivity contribution in [3.8, 4) is 11.5 Å². The normalized spacial score (nSPS) is 12.6. The number of hydrogen-bond donors (Lipinski definition) is 0. The smallest absolute Gasteiger partial charge is 0.277 e. The van der Waals surface area contributed by atoms with Crippen molar-refractivity contribution in [2.75, 3.05) is 0 Å². The SMILES string of the molecule is CCC(C)Sc1nnc(-c2cccnc2)o1. The van der Waals surface area contributed by atoms with E-state index in [0.29, 0.717) is 16.4 Å². The molecule has 84 valence electrons. The number of hydrogen-bond acceptors (Lipinski definition) is 5. The molecule has 0 amide bonds. The Hall–Kier alpha value is -1.36. The van der Waals surface area contributed by atoms with Crippen molar-refractivity contribution in [1.29, 1.82) is 0 Å². The van der Waals surface area contributed by atoms with Gasteiger partial charge in [0.2, 0.25) is 5.89 Å². The summed E-state index contributed by atoms with van der Waals surface area (Å²) in [6.07, 6.45) is 4.51. The topological polar surface area (TPSA) is 51.8 Å². The lowest BCUT2D eigenvalue weighted by Gasteiger charge is -2.01. The van der Waals surface area contributed by atoms with Crippen molar-refractivity contribution in [3.63, 3.8) is 0 Å². The lowest BCUT2D eigenvalue weighted by atomic mass is 10.3. The first-order valence-corrected chi connectivity index (χ1v) is 6.08. The highest BCUT2D eigenvalue weighted by molar-refractivity contribution is 7.99. The van der Waals surface area contributed by atoms with E-state index < -0.39 is 0 Å². The third-order valence-corrected chi connectivity index (χ3v) is 3.29. The van der Waals surface area contributed by atoms with Gasteiger partial charge in [0, 0.05) is 17.6 Å². The highest BCUT2D eigenvalue weighted by Crippen LogP contribution is 2.26. The molecule has 1 atom stereocenters. The molecule has 0 aliphatic heterocycles. The van der Waals surface area contributed by atoms with Gasteiger partial charge in [-0.05, 0) is 18.6 Å². The van der Waals surface area contributed by atoms with Crippen LogP contribution in [0.4, 0.5) is 0 Å². The summed E-state index contributed by atoms with van der Waals surface area (Å²) in [7, 11) is 0. The van der Waals surface area contributed by atoms with Crippen molar-refractivity contribution in [3.05, 3.63) is 24.5 Å². The van der Waals surface area contributed by atoms with Crippen LogP contribution < -0.4 is 0 Å². The molecule has 16 heavy (non-hydrogen) atoms. The molecule has 5 heteroatoms. The van der Waals surface area contributed by atoms with Gasteiger partial charge in [0.1, 0.15) is 0 Å². The van der Waals surface area contributed by atoms with Gasteiger partial charge in [-0.2, -0.15) is 0 Å². The van der Waals surface area contributed by atoms with Crippen molar-refractivity contribution in [2.24, 2.45) is 0 Å². The van der Waals surface area contributed by atoms with E-state index in [1.807, 2.05) is 12.1 Å². The maximum Gasteiger partial charge on any atom is 0.277 e. The minimum atomic E-state index is 0.488. The zero-order valence-electron chi connectivity index (χ0n) is 9.25. The summed E-state index contributed by atoms with van der Waals surface area (Å²) in [4.78, 5) is 4.01. The minimum absolute atomic E-state index is 0.488. The van der Waals surface area contributed by atoms with Crippen molar-refractivity contribution < 1.29 is 4.42 Å². The summed E-state index contributed by atoms with van der Waals surface area (Å²) in [6, 6.07) is 3.75. The molecule has 4 nitrogen and oxygen atoms in total. The lowest BCUT2D eigenvalue weighted by molar-refractivity contribution is 0.464. The van der Waals surface area contributed by atoms with Crippen LogP contribution in [0.2, 0.25) is 0 Å². The molecule has 2 aromatic heterocycles. The summed E-state index contributed by atoms with van der Waals surface area (Å²) in [6.45, 7) is 4.27. The fourth-order valence-electron chi connectivity index (χ4n) is 1.12. The van der Waals surface area contributed by atoms with E-state index in [1.165, 1.54) is 0 Å². The number of thioether (sulfide) groups is 1. The van der Waals surface area contributed by atoms with E-state index >= 15 is 0 Å². The van der Waals surface area contributed by atoms with Crippen molar-refractivity contribution in [1.82, 2.24) is 15.2 Å². The van der Waals surface area contributed by atoms with E-state index in [9.17, 15) is 0 Å². The molecule has 0 spiro atoms. The highest BCUT2D eigenvalue weighted by Gasteiger charge is 2.11. The molecule has 0 N–H and O–H groups in total.